The predicted molar refractivity (Wildman–Crippen MR) is 68.9 cm³/mol. The zero-order valence-corrected chi connectivity index (χ0v) is 11.1. The highest BCUT2D eigenvalue weighted by molar-refractivity contribution is 6.01. The highest BCUT2D eigenvalue weighted by Crippen LogP contribution is 2.04. The zero-order chi connectivity index (χ0) is 12.7. The number of rotatable bonds is 4. The van der Waals surface area contributed by atoms with E-state index in [0.29, 0.717) is 6.61 Å². The lowest BCUT2D eigenvalue weighted by Gasteiger charge is -2.27. The van der Waals surface area contributed by atoms with Crippen molar-refractivity contribution >= 4 is 5.71 Å². The largest absolute Gasteiger partial charge is 0.392 e. The molecule has 0 radical (unpaired) electrons. The average molecular weight is 238 g/mol. The van der Waals surface area contributed by atoms with Gasteiger partial charge in [0.15, 0.2) is 0 Å². The summed E-state index contributed by atoms with van der Waals surface area (Å²) in [6, 6.07) is 0. The third kappa shape index (κ3) is 5.20. The summed E-state index contributed by atoms with van der Waals surface area (Å²) in [6.45, 7) is 10.1. The first-order valence-corrected chi connectivity index (χ1v) is 6.12. The molecule has 1 saturated heterocycles. The van der Waals surface area contributed by atoms with Crippen molar-refractivity contribution in [3.63, 3.8) is 0 Å². The Hall–Kier alpha value is -1.05. The minimum atomic E-state index is 0.0745. The molecule has 4 heteroatoms. The molecule has 1 N–H and O–H groups in total. The predicted octanol–water partition coefficient (Wildman–Crippen LogP) is 1.42. The molecular formula is C13H22N2O2. The second-order valence-electron chi connectivity index (χ2n) is 4.53. The maximum atomic E-state index is 5.70. The number of nitrogens with zero attached hydrogens (tertiary/aromatic N) is 1. The van der Waals surface area contributed by atoms with E-state index in [4.69, 9.17) is 9.57 Å². The van der Waals surface area contributed by atoms with Gasteiger partial charge >= 0.3 is 0 Å². The van der Waals surface area contributed by atoms with Crippen LogP contribution in [0.2, 0.25) is 0 Å². The van der Waals surface area contributed by atoms with Gasteiger partial charge in [0, 0.05) is 19.0 Å². The van der Waals surface area contributed by atoms with Crippen molar-refractivity contribution in [1.29, 1.82) is 0 Å². The maximum Gasteiger partial charge on any atom is 0.144 e. The topological polar surface area (TPSA) is 42.8 Å². The SMILES string of the molecule is CC#C/C(=N\OC[C@@H]1CNC[C@@H](C)O1)C(C)C. The molecule has 0 aromatic rings. The Balaban J connectivity index is 2.38. The summed E-state index contributed by atoms with van der Waals surface area (Å²) in [6.07, 6.45) is 0.312. The molecule has 1 rings (SSSR count). The van der Waals surface area contributed by atoms with Gasteiger partial charge in [0.1, 0.15) is 18.4 Å². The van der Waals surface area contributed by atoms with Gasteiger partial charge in [-0.25, -0.2) is 0 Å². The van der Waals surface area contributed by atoms with Crippen molar-refractivity contribution in [2.45, 2.75) is 39.9 Å². The summed E-state index contributed by atoms with van der Waals surface area (Å²) in [5, 5.41) is 7.36. The number of oxime groups is 1. The van der Waals surface area contributed by atoms with Gasteiger partial charge in [-0.3, -0.25) is 0 Å². The Morgan fingerprint density at radius 3 is 2.88 bits per heavy atom. The van der Waals surface area contributed by atoms with Crippen molar-refractivity contribution < 1.29 is 9.57 Å². The van der Waals surface area contributed by atoms with Crippen LogP contribution >= 0.6 is 0 Å². The van der Waals surface area contributed by atoms with E-state index in [2.05, 4.69) is 22.3 Å². The molecule has 96 valence electrons. The van der Waals surface area contributed by atoms with Gasteiger partial charge in [0.25, 0.3) is 0 Å². The molecule has 1 fully saturated rings. The summed E-state index contributed by atoms with van der Waals surface area (Å²) in [5.74, 6) is 6.07. The van der Waals surface area contributed by atoms with Gasteiger partial charge in [-0.15, -0.1) is 0 Å². The van der Waals surface area contributed by atoms with Gasteiger partial charge in [-0.2, -0.15) is 0 Å². The van der Waals surface area contributed by atoms with Crippen LogP contribution < -0.4 is 5.32 Å². The van der Waals surface area contributed by atoms with E-state index in [1.54, 1.807) is 6.92 Å². The van der Waals surface area contributed by atoms with E-state index >= 15 is 0 Å². The third-order valence-corrected chi connectivity index (χ3v) is 2.45. The Labute approximate surface area is 104 Å². The molecule has 0 unspecified atom stereocenters. The smallest absolute Gasteiger partial charge is 0.144 e. The molecular weight excluding hydrogens is 216 g/mol. The molecule has 0 aromatic heterocycles. The molecule has 17 heavy (non-hydrogen) atoms. The van der Waals surface area contributed by atoms with Crippen LogP contribution in [0.5, 0.6) is 0 Å². The Morgan fingerprint density at radius 1 is 1.53 bits per heavy atom. The minimum absolute atomic E-state index is 0.0745. The van der Waals surface area contributed by atoms with E-state index in [1.165, 1.54) is 0 Å². The Bertz CT molecular complexity index is 315. The number of ether oxygens (including phenoxy) is 1. The summed E-state index contributed by atoms with van der Waals surface area (Å²) in [5.41, 5.74) is 0.782. The second kappa shape index (κ2) is 7.31. The average Bonchev–Trinajstić information content (AvgIpc) is 2.28. The van der Waals surface area contributed by atoms with Crippen LogP contribution in [0.1, 0.15) is 27.7 Å². The molecule has 1 aliphatic heterocycles. The molecule has 0 aromatic carbocycles. The van der Waals surface area contributed by atoms with Gasteiger partial charge in [0.05, 0.1) is 6.10 Å². The van der Waals surface area contributed by atoms with E-state index in [0.717, 1.165) is 18.8 Å². The van der Waals surface area contributed by atoms with Crippen molar-refractivity contribution in [2.75, 3.05) is 19.7 Å². The number of morpholine rings is 1. The van der Waals surface area contributed by atoms with Crippen LogP contribution in [0, 0.1) is 17.8 Å². The van der Waals surface area contributed by atoms with Gasteiger partial charge in [-0.05, 0) is 19.8 Å². The van der Waals surface area contributed by atoms with Crippen LogP contribution in [0.3, 0.4) is 0 Å². The third-order valence-electron chi connectivity index (χ3n) is 2.45. The number of hydrogen-bond donors (Lipinski definition) is 1. The van der Waals surface area contributed by atoms with Crippen LogP contribution in [0.25, 0.3) is 0 Å². The fraction of sp³-hybridized carbons (Fsp3) is 0.769. The van der Waals surface area contributed by atoms with E-state index < -0.39 is 0 Å². The normalized spacial score (nSPS) is 25.4. The number of nitrogens with one attached hydrogen (secondary N) is 1. The first-order valence-electron chi connectivity index (χ1n) is 6.12. The zero-order valence-electron chi connectivity index (χ0n) is 11.1. The van der Waals surface area contributed by atoms with Crippen molar-refractivity contribution in [3.05, 3.63) is 0 Å². The molecule has 0 amide bonds. The summed E-state index contributed by atoms with van der Waals surface area (Å²) in [7, 11) is 0. The minimum Gasteiger partial charge on any atom is -0.392 e. The first kappa shape index (κ1) is 14.0. The summed E-state index contributed by atoms with van der Waals surface area (Å²) >= 11 is 0. The van der Waals surface area contributed by atoms with Crippen LogP contribution in [0.15, 0.2) is 5.16 Å². The summed E-state index contributed by atoms with van der Waals surface area (Å²) < 4.78 is 5.70. The van der Waals surface area contributed by atoms with Crippen LogP contribution in [0.4, 0.5) is 0 Å². The van der Waals surface area contributed by atoms with Gasteiger partial charge in [-0.1, -0.05) is 24.9 Å². The lowest BCUT2D eigenvalue weighted by molar-refractivity contribution is -0.0680. The van der Waals surface area contributed by atoms with Crippen LogP contribution in [-0.2, 0) is 9.57 Å². The number of hydrogen-bond acceptors (Lipinski definition) is 4. The van der Waals surface area contributed by atoms with E-state index in [1.807, 2.05) is 20.8 Å². The van der Waals surface area contributed by atoms with Crippen molar-refractivity contribution in [3.8, 4) is 11.8 Å². The van der Waals surface area contributed by atoms with Crippen LogP contribution in [-0.4, -0.2) is 37.6 Å². The van der Waals surface area contributed by atoms with Gasteiger partial charge in [0.2, 0.25) is 0 Å². The standard InChI is InChI=1S/C13H22N2O2/c1-5-6-13(10(2)3)15-16-9-12-8-14-7-11(4)17-12/h10-12,14H,7-9H2,1-4H3/b15-13+/t11-,12+/m1/s1. The lowest BCUT2D eigenvalue weighted by atomic mass is 10.1. The highest BCUT2D eigenvalue weighted by atomic mass is 16.6. The maximum absolute atomic E-state index is 5.70. The molecule has 1 aliphatic rings. The fourth-order valence-corrected chi connectivity index (χ4v) is 1.56. The van der Waals surface area contributed by atoms with Crippen molar-refractivity contribution in [1.82, 2.24) is 5.32 Å². The van der Waals surface area contributed by atoms with E-state index in [9.17, 15) is 0 Å². The molecule has 4 nitrogen and oxygen atoms in total. The lowest BCUT2D eigenvalue weighted by Crippen LogP contribution is -2.45. The molecule has 1 heterocycles. The summed E-state index contributed by atoms with van der Waals surface area (Å²) in [4.78, 5) is 5.32. The first-order chi connectivity index (χ1) is 8.13. The highest BCUT2D eigenvalue weighted by Gasteiger charge is 2.19. The fourth-order valence-electron chi connectivity index (χ4n) is 1.56. The van der Waals surface area contributed by atoms with Gasteiger partial charge < -0.3 is 14.9 Å². The molecule has 2 atom stereocenters. The Kier molecular flexibility index (Phi) is 6.03. The molecule has 0 saturated carbocycles. The monoisotopic (exact) mass is 238 g/mol. The Morgan fingerprint density at radius 2 is 2.29 bits per heavy atom. The van der Waals surface area contributed by atoms with E-state index in [-0.39, 0.29) is 18.1 Å². The molecule has 0 aliphatic carbocycles. The molecule has 0 bridgehead atoms. The van der Waals surface area contributed by atoms with Crippen molar-refractivity contribution in [2.24, 2.45) is 11.1 Å². The second-order valence-corrected chi connectivity index (χ2v) is 4.53. The molecule has 0 spiro atoms. The quantitative estimate of drug-likeness (QED) is 0.457.